The third-order valence-electron chi connectivity index (χ3n) is 8.26. The normalized spacial score (nSPS) is 20.8. The largest absolute Gasteiger partial charge is 0.385 e. The van der Waals surface area contributed by atoms with E-state index in [1.165, 1.54) is 31.4 Å². The van der Waals surface area contributed by atoms with E-state index in [9.17, 15) is 14.3 Å². The quantitative estimate of drug-likeness (QED) is 0.190. The zero-order valence-corrected chi connectivity index (χ0v) is 27.8. The maximum Gasteiger partial charge on any atom is 0.216 e. The van der Waals surface area contributed by atoms with Crippen LogP contribution in [-0.4, -0.2) is 64.1 Å². The van der Waals surface area contributed by atoms with Crippen LogP contribution in [0.4, 0.5) is 4.39 Å². The molecule has 2 fully saturated rings. The van der Waals surface area contributed by atoms with Crippen LogP contribution < -0.4 is 16.0 Å². The number of aliphatic hydroxyl groups is 1. The van der Waals surface area contributed by atoms with E-state index in [2.05, 4.69) is 56.1 Å². The van der Waals surface area contributed by atoms with E-state index in [0.717, 1.165) is 56.6 Å². The molecule has 2 aromatic carbocycles. The van der Waals surface area contributed by atoms with Crippen LogP contribution in [0.1, 0.15) is 69.1 Å². The number of hydrogen-bond donors (Lipinski definition) is 4. The third kappa shape index (κ3) is 11.1. The van der Waals surface area contributed by atoms with E-state index in [0.29, 0.717) is 37.4 Å². The summed E-state index contributed by atoms with van der Waals surface area (Å²) in [6, 6.07) is 13.0. The van der Waals surface area contributed by atoms with Gasteiger partial charge in [-0.3, -0.25) is 4.79 Å². The van der Waals surface area contributed by atoms with Crippen molar-refractivity contribution in [3.63, 3.8) is 0 Å². The molecule has 10 heteroatoms. The number of benzene rings is 2. The summed E-state index contributed by atoms with van der Waals surface area (Å²) >= 11 is 9.80. The molecule has 2 aromatic rings. The molecule has 2 heterocycles. The van der Waals surface area contributed by atoms with Gasteiger partial charge >= 0.3 is 0 Å². The maximum absolute atomic E-state index is 13.9. The minimum atomic E-state index is -1.20. The van der Waals surface area contributed by atoms with Crippen molar-refractivity contribution in [2.24, 2.45) is 11.8 Å². The molecular formula is C33H48BrClFN3O4. The molecule has 2 aliphatic heterocycles. The van der Waals surface area contributed by atoms with Crippen LogP contribution in [0.5, 0.6) is 0 Å². The smallest absolute Gasteiger partial charge is 0.216 e. The highest BCUT2D eigenvalue weighted by Gasteiger charge is 2.40. The third-order valence-corrected chi connectivity index (χ3v) is 9.37. The van der Waals surface area contributed by atoms with Crippen LogP contribution in [0.15, 0.2) is 46.9 Å². The van der Waals surface area contributed by atoms with Gasteiger partial charge in [-0.15, -0.1) is 0 Å². The first-order valence-corrected chi connectivity index (χ1v) is 16.6. The van der Waals surface area contributed by atoms with Gasteiger partial charge in [0.15, 0.2) is 0 Å². The average Bonchev–Trinajstić information content (AvgIpc) is 3.02. The van der Waals surface area contributed by atoms with Crippen molar-refractivity contribution in [2.75, 3.05) is 53.0 Å². The van der Waals surface area contributed by atoms with Crippen LogP contribution in [-0.2, 0) is 19.9 Å². The van der Waals surface area contributed by atoms with Gasteiger partial charge in [-0.05, 0) is 75.7 Å². The van der Waals surface area contributed by atoms with Crippen molar-refractivity contribution >= 4 is 33.4 Å². The summed E-state index contributed by atoms with van der Waals surface area (Å²) in [5.41, 5.74) is 0.500. The summed E-state index contributed by atoms with van der Waals surface area (Å²) < 4.78 is 26.3. The fourth-order valence-corrected chi connectivity index (χ4v) is 6.82. The van der Waals surface area contributed by atoms with Gasteiger partial charge in [0.05, 0.1) is 16.7 Å². The van der Waals surface area contributed by atoms with Gasteiger partial charge in [-0.25, -0.2) is 4.39 Å². The summed E-state index contributed by atoms with van der Waals surface area (Å²) in [5, 5.41) is 20.9. The number of carbonyl (C=O) groups is 1. The lowest BCUT2D eigenvalue weighted by atomic mass is 9.74. The molecule has 7 nitrogen and oxygen atoms in total. The Morgan fingerprint density at radius 3 is 2.51 bits per heavy atom. The maximum atomic E-state index is 13.9. The number of hydrogen-bond acceptors (Lipinski definition) is 6. The van der Waals surface area contributed by atoms with E-state index in [1.807, 2.05) is 0 Å². The number of halogens is 3. The molecule has 0 saturated carbocycles. The fourth-order valence-electron chi connectivity index (χ4n) is 6.01. The summed E-state index contributed by atoms with van der Waals surface area (Å²) in [5.74, 6) is -0.109. The number of methoxy groups -OCH3 is 1. The standard InChI is InChI=1S/C17H24ClFN2O2.C16H24BrNO2/c1-12(22)21-10-4-8-17(23,13-5-3-9-20-11-13)14-6-2-7-15(19)16(14)18;1-19-10-5-11-20-16(13-6-4-9-18-12-13)14-7-2-3-8-15(14)17/h2,6-7,13,20,23H,3-5,8-11H2,1H3,(H,21,22);2-3,7-8,13,16,18H,4-6,9-12H2,1H3/t13-,17+;13-,16-/m11/s1. The van der Waals surface area contributed by atoms with Gasteiger partial charge < -0.3 is 30.5 Å². The summed E-state index contributed by atoms with van der Waals surface area (Å²) in [6.07, 6.45) is 6.40. The Labute approximate surface area is 269 Å². The van der Waals surface area contributed by atoms with Crippen LogP contribution >= 0.6 is 27.5 Å². The van der Waals surface area contributed by atoms with Crippen molar-refractivity contribution in [1.82, 2.24) is 16.0 Å². The van der Waals surface area contributed by atoms with Crippen molar-refractivity contribution < 1.29 is 23.8 Å². The Balaban J connectivity index is 0.000000238. The lowest BCUT2D eigenvalue weighted by molar-refractivity contribution is -0.119. The van der Waals surface area contributed by atoms with Crippen molar-refractivity contribution in [1.29, 1.82) is 0 Å². The Morgan fingerprint density at radius 2 is 1.86 bits per heavy atom. The van der Waals surface area contributed by atoms with Gasteiger partial charge in [-0.1, -0.05) is 57.9 Å². The first-order chi connectivity index (χ1) is 20.8. The van der Waals surface area contributed by atoms with E-state index in [4.69, 9.17) is 21.1 Å². The predicted molar refractivity (Wildman–Crippen MR) is 174 cm³/mol. The molecule has 2 aliphatic rings. The van der Waals surface area contributed by atoms with Crippen LogP contribution in [0.3, 0.4) is 0 Å². The molecule has 4 N–H and O–H groups in total. The average molecular weight is 685 g/mol. The van der Waals surface area contributed by atoms with Crippen molar-refractivity contribution in [3.05, 3.63) is 68.9 Å². The SMILES string of the molecule is CC(=O)NCCC[C@@](O)(c1cccc(F)c1Cl)[C@@H]1CCCNC1.COCCCO[C@@H](c1ccccc1Br)[C@@H]1CCCNC1. The van der Waals surface area contributed by atoms with Gasteiger partial charge in [-0.2, -0.15) is 0 Å². The molecule has 2 saturated heterocycles. The zero-order valence-electron chi connectivity index (χ0n) is 25.5. The number of rotatable bonds is 13. The molecule has 0 radical (unpaired) electrons. The lowest BCUT2D eigenvalue weighted by Crippen LogP contribution is -2.45. The monoisotopic (exact) mass is 683 g/mol. The molecule has 240 valence electrons. The molecule has 0 aliphatic carbocycles. The lowest BCUT2D eigenvalue weighted by Gasteiger charge is -2.40. The molecule has 0 unspecified atom stereocenters. The molecule has 4 atom stereocenters. The van der Waals surface area contributed by atoms with Crippen molar-refractivity contribution in [3.8, 4) is 0 Å². The molecular weight excluding hydrogens is 637 g/mol. The number of carbonyl (C=O) groups excluding carboxylic acids is 1. The summed E-state index contributed by atoms with van der Waals surface area (Å²) in [4.78, 5) is 11.0. The second kappa shape index (κ2) is 19.0. The number of amides is 1. The number of piperidine rings is 2. The van der Waals surface area contributed by atoms with E-state index in [-0.39, 0.29) is 23.0 Å². The Morgan fingerprint density at radius 1 is 1.12 bits per heavy atom. The first-order valence-electron chi connectivity index (χ1n) is 15.5. The van der Waals surface area contributed by atoms with Gasteiger partial charge in [0.1, 0.15) is 5.82 Å². The second-order valence-electron chi connectivity index (χ2n) is 11.4. The predicted octanol–water partition coefficient (Wildman–Crippen LogP) is 6.13. The minimum Gasteiger partial charge on any atom is -0.385 e. The minimum absolute atomic E-state index is 0.0138. The Hall–Kier alpha value is -1.59. The zero-order chi connectivity index (χ0) is 31.1. The molecule has 0 spiro atoms. The molecule has 0 aromatic heterocycles. The van der Waals surface area contributed by atoms with E-state index < -0.39 is 11.4 Å². The van der Waals surface area contributed by atoms with Crippen LogP contribution in [0.2, 0.25) is 5.02 Å². The summed E-state index contributed by atoms with van der Waals surface area (Å²) in [7, 11) is 1.73. The van der Waals surface area contributed by atoms with E-state index in [1.54, 1.807) is 19.2 Å². The molecule has 0 bridgehead atoms. The molecule has 1 amide bonds. The molecule has 43 heavy (non-hydrogen) atoms. The summed E-state index contributed by atoms with van der Waals surface area (Å²) in [6.45, 7) is 7.20. The van der Waals surface area contributed by atoms with Crippen LogP contribution in [0, 0.1) is 17.7 Å². The number of nitrogens with one attached hydrogen (secondary N) is 3. The second-order valence-corrected chi connectivity index (χ2v) is 12.7. The highest BCUT2D eigenvalue weighted by molar-refractivity contribution is 9.10. The number of ether oxygens (including phenoxy) is 2. The molecule has 4 rings (SSSR count). The first kappa shape index (κ1) is 35.9. The highest BCUT2D eigenvalue weighted by Crippen LogP contribution is 2.41. The topological polar surface area (TPSA) is 91.9 Å². The highest BCUT2D eigenvalue weighted by atomic mass is 79.9. The fraction of sp³-hybridized carbons (Fsp3) is 0.606. The van der Waals surface area contributed by atoms with Gasteiger partial charge in [0, 0.05) is 68.8 Å². The van der Waals surface area contributed by atoms with E-state index >= 15 is 0 Å². The Bertz CT molecular complexity index is 1120. The van der Waals surface area contributed by atoms with Gasteiger partial charge in [0.25, 0.3) is 0 Å². The Kier molecular flexibility index (Phi) is 15.9. The van der Waals surface area contributed by atoms with Gasteiger partial charge in [0.2, 0.25) is 5.91 Å². The van der Waals surface area contributed by atoms with Crippen LogP contribution in [0.25, 0.3) is 0 Å². The van der Waals surface area contributed by atoms with Crippen molar-refractivity contribution in [2.45, 2.75) is 63.6 Å².